The fraction of sp³-hybridized carbons (Fsp3) is 0.229. The van der Waals surface area contributed by atoms with Crippen molar-refractivity contribution in [2.45, 2.75) is 38.8 Å². The Hall–Kier alpha value is -3.73. The zero-order valence-electron chi connectivity index (χ0n) is 23.1. The predicted octanol–water partition coefficient (Wildman–Crippen LogP) is 9.86. The van der Waals surface area contributed by atoms with Crippen LogP contribution in [0.2, 0.25) is 10.0 Å². The Balaban J connectivity index is 1.18. The van der Waals surface area contributed by atoms with Crippen molar-refractivity contribution in [2.75, 3.05) is 11.9 Å². The van der Waals surface area contributed by atoms with Crippen molar-refractivity contribution in [3.05, 3.63) is 129 Å². The Kier molecular flexibility index (Phi) is 8.04. The Bertz CT molecular complexity index is 1610. The standard InChI is InChI=1S/C35H32Cl2N2O2/c1-3-40-33-19-23(18-31(37)35(33)41-21-25-7-4-5-10-30(25)36)20-38-26-14-12-24(13-15-26)34-28-9-6-8-27(28)29-17-22(2)11-16-32(29)39-34/h4-8,10-20,27-28,34,39H,3,9,21H2,1-2H3/t27-,28+,34-/m0/s1. The predicted molar refractivity (Wildman–Crippen MR) is 170 cm³/mol. The van der Waals surface area contributed by atoms with Crippen LogP contribution in [0.4, 0.5) is 11.4 Å². The summed E-state index contributed by atoms with van der Waals surface area (Å²) in [4.78, 5) is 4.72. The molecule has 0 unspecified atom stereocenters. The maximum atomic E-state index is 6.64. The van der Waals surface area contributed by atoms with Crippen LogP contribution >= 0.6 is 23.2 Å². The molecule has 208 valence electrons. The summed E-state index contributed by atoms with van der Waals surface area (Å²) < 4.78 is 11.9. The summed E-state index contributed by atoms with van der Waals surface area (Å²) in [5.74, 6) is 2.03. The molecule has 1 aliphatic carbocycles. The first-order chi connectivity index (χ1) is 20.0. The fourth-order valence-corrected chi connectivity index (χ4v) is 6.26. The molecule has 1 aliphatic heterocycles. The SMILES string of the molecule is CCOc1cc(C=Nc2ccc([C@@H]3Nc4ccc(C)cc4[C@H]4C=CC[C@H]43)cc2)cc(Cl)c1OCc1ccccc1Cl. The summed E-state index contributed by atoms with van der Waals surface area (Å²) >= 11 is 12.9. The van der Waals surface area contributed by atoms with E-state index in [1.807, 2.05) is 43.3 Å². The summed E-state index contributed by atoms with van der Waals surface area (Å²) in [6, 6.07) is 26.8. The Labute approximate surface area is 251 Å². The number of aryl methyl sites for hydroxylation is 1. The van der Waals surface area contributed by atoms with Gasteiger partial charge in [-0.1, -0.05) is 83.4 Å². The van der Waals surface area contributed by atoms with E-state index in [1.165, 1.54) is 22.4 Å². The van der Waals surface area contributed by atoms with Gasteiger partial charge in [-0.3, -0.25) is 4.99 Å². The van der Waals surface area contributed by atoms with Gasteiger partial charge >= 0.3 is 0 Å². The van der Waals surface area contributed by atoms with Crippen LogP contribution in [0.15, 0.2) is 96.0 Å². The van der Waals surface area contributed by atoms with Crippen LogP contribution in [0.1, 0.15) is 53.1 Å². The van der Waals surface area contributed by atoms with Crippen LogP contribution in [-0.4, -0.2) is 12.8 Å². The van der Waals surface area contributed by atoms with E-state index in [-0.39, 0.29) is 12.6 Å². The lowest BCUT2D eigenvalue weighted by Crippen LogP contribution is -2.29. The summed E-state index contributed by atoms with van der Waals surface area (Å²) in [6.07, 6.45) is 7.59. The van der Waals surface area contributed by atoms with Crippen molar-refractivity contribution >= 4 is 40.8 Å². The van der Waals surface area contributed by atoms with Crippen LogP contribution in [0.5, 0.6) is 11.5 Å². The summed E-state index contributed by atoms with van der Waals surface area (Å²) in [7, 11) is 0. The number of halogens is 2. The molecular formula is C35H32Cl2N2O2. The Morgan fingerprint density at radius 1 is 0.951 bits per heavy atom. The fourth-order valence-electron chi connectivity index (χ4n) is 5.79. The highest BCUT2D eigenvalue weighted by molar-refractivity contribution is 6.32. The van der Waals surface area contributed by atoms with E-state index in [2.05, 4.69) is 66.9 Å². The van der Waals surface area contributed by atoms with Crippen molar-refractivity contribution in [1.82, 2.24) is 0 Å². The topological polar surface area (TPSA) is 42.8 Å². The second-order valence-electron chi connectivity index (χ2n) is 10.6. The quantitative estimate of drug-likeness (QED) is 0.166. The molecule has 4 aromatic carbocycles. The van der Waals surface area contributed by atoms with Gasteiger partial charge in [0.15, 0.2) is 11.5 Å². The zero-order chi connectivity index (χ0) is 28.3. The minimum atomic E-state index is 0.258. The van der Waals surface area contributed by atoms with Crippen molar-refractivity contribution in [3.63, 3.8) is 0 Å². The molecule has 3 atom stereocenters. The number of anilines is 1. The molecule has 0 aromatic heterocycles. The Morgan fingerprint density at radius 2 is 1.78 bits per heavy atom. The second kappa shape index (κ2) is 12.0. The van der Waals surface area contributed by atoms with Gasteiger partial charge in [-0.25, -0.2) is 0 Å². The van der Waals surface area contributed by atoms with E-state index in [0.29, 0.717) is 40.0 Å². The van der Waals surface area contributed by atoms with Crippen LogP contribution in [0, 0.1) is 12.8 Å². The molecule has 0 amide bonds. The molecule has 4 aromatic rings. The van der Waals surface area contributed by atoms with E-state index in [9.17, 15) is 0 Å². The molecule has 0 radical (unpaired) electrons. The van der Waals surface area contributed by atoms with Crippen molar-refractivity contribution in [3.8, 4) is 11.5 Å². The van der Waals surface area contributed by atoms with Gasteiger partial charge in [0.2, 0.25) is 0 Å². The van der Waals surface area contributed by atoms with Crippen LogP contribution in [-0.2, 0) is 6.61 Å². The number of hydrogen-bond acceptors (Lipinski definition) is 4. The van der Waals surface area contributed by atoms with E-state index in [1.54, 1.807) is 6.21 Å². The minimum absolute atomic E-state index is 0.258. The monoisotopic (exact) mass is 582 g/mol. The molecule has 41 heavy (non-hydrogen) atoms. The molecule has 0 bridgehead atoms. The van der Waals surface area contributed by atoms with Crippen molar-refractivity contribution in [1.29, 1.82) is 0 Å². The molecule has 4 nitrogen and oxygen atoms in total. The highest BCUT2D eigenvalue weighted by atomic mass is 35.5. The highest BCUT2D eigenvalue weighted by Gasteiger charge is 2.37. The number of aliphatic imine (C=N–C) groups is 1. The molecule has 1 N–H and O–H groups in total. The van der Waals surface area contributed by atoms with E-state index < -0.39 is 0 Å². The van der Waals surface area contributed by atoms with Gasteiger partial charge in [0.05, 0.1) is 23.4 Å². The van der Waals surface area contributed by atoms with E-state index in [4.69, 9.17) is 37.7 Å². The molecule has 0 fully saturated rings. The third-order valence-corrected chi connectivity index (χ3v) is 8.44. The van der Waals surface area contributed by atoms with Gasteiger partial charge in [-0.15, -0.1) is 0 Å². The lowest BCUT2D eigenvalue weighted by Gasteiger charge is -2.37. The third kappa shape index (κ3) is 5.86. The average Bonchev–Trinajstić information content (AvgIpc) is 3.47. The lowest BCUT2D eigenvalue weighted by molar-refractivity contribution is 0.269. The number of nitrogens with one attached hydrogen (secondary N) is 1. The molecule has 0 saturated carbocycles. The Morgan fingerprint density at radius 3 is 2.59 bits per heavy atom. The summed E-state index contributed by atoms with van der Waals surface area (Å²) in [6.45, 7) is 4.86. The maximum Gasteiger partial charge on any atom is 0.180 e. The van der Waals surface area contributed by atoms with Gasteiger partial charge in [0.25, 0.3) is 0 Å². The number of allylic oxidation sites excluding steroid dienone is 2. The number of fused-ring (bicyclic) bond motifs is 3. The molecule has 6 heteroatoms. The molecule has 0 saturated heterocycles. The van der Waals surface area contributed by atoms with Gasteiger partial charge in [-0.2, -0.15) is 0 Å². The van der Waals surface area contributed by atoms with Gasteiger partial charge in [-0.05, 0) is 79.3 Å². The maximum absolute atomic E-state index is 6.64. The third-order valence-electron chi connectivity index (χ3n) is 7.79. The van der Waals surface area contributed by atoms with Crippen molar-refractivity contribution < 1.29 is 9.47 Å². The number of nitrogens with zero attached hydrogens (tertiary/aromatic N) is 1. The summed E-state index contributed by atoms with van der Waals surface area (Å²) in [5, 5.41) is 4.92. The van der Waals surface area contributed by atoms with Crippen LogP contribution in [0.25, 0.3) is 0 Å². The molecule has 6 rings (SSSR count). The number of ether oxygens (including phenoxy) is 2. The zero-order valence-corrected chi connectivity index (χ0v) is 24.6. The van der Waals surface area contributed by atoms with E-state index >= 15 is 0 Å². The largest absolute Gasteiger partial charge is 0.490 e. The van der Waals surface area contributed by atoms with Crippen LogP contribution < -0.4 is 14.8 Å². The lowest BCUT2D eigenvalue weighted by atomic mass is 9.76. The number of rotatable bonds is 8. The second-order valence-corrected chi connectivity index (χ2v) is 11.4. The molecule has 1 heterocycles. The highest BCUT2D eigenvalue weighted by Crippen LogP contribution is 2.50. The first kappa shape index (κ1) is 27.4. The minimum Gasteiger partial charge on any atom is -0.490 e. The smallest absolute Gasteiger partial charge is 0.180 e. The normalized spacial score (nSPS) is 19.1. The van der Waals surface area contributed by atoms with Crippen molar-refractivity contribution in [2.24, 2.45) is 10.9 Å². The van der Waals surface area contributed by atoms with Gasteiger partial charge < -0.3 is 14.8 Å². The molecule has 2 aliphatic rings. The molecular weight excluding hydrogens is 551 g/mol. The van der Waals surface area contributed by atoms with E-state index in [0.717, 1.165) is 23.2 Å². The van der Waals surface area contributed by atoms with Gasteiger partial charge in [0.1, 0.15) is 6.61 Å². The average molecular weight is 584 g/mol. The number of hydrogen-bond donors (Lipinski definition) is 1. The first-order valence-electron chi connectivity index (χ1n) is 14.0. The number of benzene rings is 4. The summed E-state index contributed by atoms with van der Waals surface area (Å²) in [5.41, 5.74) is 7.80. The first-order valence-corrected chi connectivity index (χ1v) is 14.8. The van der Waals surface area contributed by atoms with Crippen LogP contribution in [0.3, 0.4) is 0 Å². The molecule has 0 spiro atoms. The van der Waals surface area contributed by atoms with Gasteiger partial charge in [0, 0.05) is 28.4 Å².